The predicted molar refractivity (Wildman–Crippen MR) is 232 cm³/mol. The van der Waals surface area contributed by atoms with Crippen molar-refractivity contribution in [2.75, 3.05) is 0 Å². The van der Waals surface area contributed by atoms with Gasteiger partial charge in [0.15, 0.2) is 17.5 Å². The molecule has 0 saturated carbocycles. The molecule has 2 aromatic heterocycles. The Morgan fingerprint density at radius 1 is 0.345 bits per heavy atom. The Morgan fingerprint density at radius 2 is 0.845 bits per heavy atom. The number of nitrogens with zero attached hydrogens (tertiary/aromatic N) is 5. The lowest BCUT2D eigenvalue weighted by Gasteiger charge is -2.27. The fourth-order valence-electron chi connectivity index (χ4n) is 9.37. The highest BCUT2D eigenvalue weighted by Gasteiger charge is 2.54. The third-order valence-electron chi connectivity index (χ3n) is 11.8. The molecule has 5 nitrogen and oxygen atoms in total. The van der Waals surface area contributed by atoms with E-state index in [1.165, 1.54) is 39.1 Å². The zero-order valence-electron chi connectivity index (χ0n) is 31.3. The molecule has 1 aliphatic carbocycles. The molecule has 0 fully saturated rings. The standard InChI is InChI=1S/C53H33N5/c1-3-16-34(17-4-1)49-55-50(35-18-5-2-6-19-35)57-51(56-49)39-23-14-21-37(33-39)36-20-13-22-38(32-36)40-25-15-28-44-48(40)41-24-7-8-26-42(41)53(44)43-27-9-11-30-46(43)58-47-31-12-10-29-45(47)54-52(53)58/h1-33H. The number of para-hydroxylation sites is 3. The van der Waals surface area contributed by atoms with Crippen LogP contribution in [0.15, 0.2) is 200 Å². The molecule has 8 aromatic carbocycles. The fourth-order valence-corrected chi connectivity index (χ4v) is 9.37. The van der Waals surface area contributed by atoms with Crippen LogP contribution in [-0.2, 0) is 5.41 Å². The maximum Gasteiger partial charge on any atom is 0.164 e. The Kier molecular flexibility index (Phi) is 7.07. The van der Waals surface area contributed by atoms with Gasteiger partial charge >= 0.3 is 0 Å². The van der Waals surface area contributed by atoms with Crippen LogP contribution in [0.25, 0.3) is 84.3 Å². The summed E-state index contributed by atoms with van der Waals surface area (Å²) in [5, 5.41) is 0. The van der Waals surface area contributed by atoms with Crippen LogP contribution in [0.4, 0.5) is 0 Å². The molecule has 10 aromatic rings. The van der Waals surface area contributed by atoms with Gasteiger partial charge < -0.3 is 0 Å². The lowest BCUT2D eigenvalue weighted by Crippen LogP contribution is -2.27. The quantitative estimate of drug-likeness (QED) is 0.176. The summed E-state index contributed by atoms with van der Waals surface area (Å²) in [5.41, 5.74) is 16.5. The molecule has 2 aliphatic rings. The normalized spacial score (nSPS) is 14.6. The van der Waals surface area contributed by atoms with Gasteiger partial charge in [-0.3, -0.25) is 4.57 Å². The Hall–Kier alpha value is -7.76. The third-order valence-corrected chi connectivity index (χ3v) is 11.8. The topological polar surface area (TPSA) is 56.5 Å². The number of rotatable bonds is 5. The number of aromatic nitrogens is 5. The molecule has 0 bridgehead atoms. The minimum atomic E-state index is -0.550. The van der Waals surface area contributed by atoms with Crippen LogP contribution in [0.5, 0.6) is 0 Å². The highest BCUT2D eigenvalue weighted by Crippen LogP contribution is 2.62. The van der Waals surface area contributed by atoms with E-state index < -0.39 is 5.41 Å². The van der Waals surface area contributed by atoms with Crippen molar-refractivity contribution in [3.63, 3.8) is 0 Å². The van der Waals surface area contributed by atoms with Crippen molar-refractivity contribution in [3.8, 4) is 73.2 Å². The second-order valence-corrected chi connectivity index (χ2v) is 15.0. The number of benzene rings is 8. The molecule has 0 amide bonds. The maximum atomic E-state index is 5.42. The van der Waals surface area contributed by atoms with E-state index in [4.69, 9.17) is 19.9 Å². The molecule has 1 spiro atoms. The summed E-state index contributed by atoms with van der Waals surface area (Å²) in [6.45, 7) is 0. The molecule has 5 heteroatoms. The maximum absolute atomic E-state index is 5.42. The van der Waals surface area contributed by atoms with Gasteiger partial charge in [-0.2, -0.15) is 0 Å². The van der Waals surface area contributed by atoms with Gasteiger partial charge in [-0.05, 0) is 80.4 Å². The average Bonchev–Trinajstić information content (AvgIpc) is 3.93. The van der Waals surface area contributed by atoms with E-state index in [0.29, 0.717) is 17.5 Å². The van der Waals surface area contributed by atoms with Gasteiger partial charge in [0.25, 0.3) is 0 Å². The lowest BCUT2D eigenvalue weighted by atomic mass is 9.72. The smallest absolute Gasteiger partial charge is 0.164 e. The molecular weight excluding hydrogens is 707 g/mol. The largest absolute Gasteiger partial charge is 0.295 e. The first-order chi connectivity index (χ1) is 28.8. The highest BCUT2D eigenvalue weighted by molar-refractivity contribution is 5.98. The summed E-state index contributed by atoms with van der Waals surface area (Å²) in [6, 6.07) is 70.7. The Bertz CT molecular complexity index is 3180. The van der Waals surface area contributed by atoms with Crippen LogP contribution in [-0.4, -0.2) is 24.5 Å². The van der Waals surface area contributed by atoms with Crippen LogP contribution in [0, 0.1) is 0 Å². The SMILES string of the molecule is c1ccc(-c2nc(-c3ccccc3)nc(-c3cccc(-c4cccc(-c5cccc6c5-c5ccccc5C65c6ccccc6-n6c5nc5ccccc56)c4)c3)n2)cc1. The van der Waals surface area contributed by atoms with Crippen LogP contribution >= 0.6 is 0 Å². The van der Waals surface area contributed by atoms with Crippen molar-refractivity contribution in [2.24, 2.45) is 0 Å². The zero-order chi connectivity index (χ0) is 38.2. The molecule has 12 rings (SSSR count). The summed E-state index contributed by atoms with van der Waals surface area (Å²) < 4.78 is 2.38. The van der Waals surface area contributed by atoms with E-state index in [1.54, 1.807) is 0 Å². The first-order valence-corrected chi connectivity index (χ1v) is 19.6. The molecule has 0 N–H and O–H groups in total. The van der Waals surface area contributed by atoms with Crippen molar-refractivity contribution in [3.05, 3.63) is 223 Å². The van der Waals surface area contributed by atoms with Crippen LogP contribution < -0.4 is 0 Å². The van der Waals surface area contributed by atoms with E-state index in [2.05, 4.69) is 144 Å². The summed E-state index contributed by atoms with van der Waals surface area (Å²) in [4.78, 5) is 20.4. The first-order valence-electron chi connectivity index (χ1n) is 19.6. The van der Waals surface area contributed by atoms with E-state index in [0.717, 1.165) is 50.2 Å². The Balaban J connectivity index is 1.01. The van der Waals surface area contributed by atoms with Gasteiger partial charge in [-0.15, -0.1) is 0 Å². The van der Waals surface area contributed by atoms with Crippen molar-refractivity contribution in [1.82, 2.24) is 24.5 Å². The highest BCUT2D eigenvalue weighted by atomic mass is 15.1. The second-order valence-electron chi connectivity index (χ2n) is 15.0. The number of hydrogen-bond acceptors (Lipinski definition) is 4. The summed E-state index contributed by atoms with van der Waals surface area (Å²) in [7, 11) is 0. The molecular formula is C53H33N5. The number of hydrogen-bond donors (Lipinski definition) is 0. The number of imidazole rings is 1. The van der Waals surface area contributed by atoms with Gasteiger partial charge in [-0.1, -0.05) is 170 Å². The first kappa shape index (κ1) is 32.5. The Labute approximate surface area is 335 Å². The Morgan fingerprint density at radius 3 is 1.59 bits per heavy atom. The van der Waals surface area contributed by atoms with Crippen molar-refractivity contribution < 1.29 is 0 Å². The van der Waals surface area contributed by atoms with Gasteiger partial charge in [-0.25, -0.2) is 19.9 Å². The zero-order valence-corrected chi connectivity index (χ0v) is 31.3. The van der Waals surface area contributed by atoms with Gasteiger partial charge in [0, 0.05) is 16.7 Å². The van der Waals surface area contributed by atoms with Gasteiger partial charge in [0.2, 0.25) is 0 Å². The molecule has 1 aliphatic heterocycles. The summed E-state index contributed by atoms with van der Waals surface area (Å²) >= 11 is 0. The molecule has 1 atom stereocenters. The molecule has 0 radical (unpaired) electrons. The van der Waals surface area contributed by atoms with E-state index >= 15 is 0 Å². The molecule has 58 heavy (non-hydrogen) atoms. The molecule has 0 saturated heterocycles. The van der Waals surface area contributed by atoms with Crippen molar-refractivity contribution >= 4 is 11.0 Å². The van der Waals surface area contributed by atoms with E-state index in [-0.39, 0.29) is 0 Å². The van der Waals surface area contributed by atoms with Crippen molar-refractivity contribution in [1.29, 1.82) is 0 Å². The van der Waals surface area contributed by atoms with Gasteiger partial charge in [0.05, 0.1) is 16.7 Å². The lowest BCUT2D eigenvalue weighted by molar-refractivity contribution is 0.738. The van der Waals surface area contributed by atoms with Gasteiger partial charge in [0.1, 0.15) is 11.2 Å². The minimum absolute atomic E-state index is 0.550. The average molecular weight is 740 g/mol. The third kappa shape index (κ3) is 4.71. The summed E-state index contributed by atoms with van der Waals surface area (Å²) in [5.74, 6) is 2.98. The van der Waals surface area contributed by atoms with Crippen molar-refractivity contribution in [2.45, 2.75) is 5.41 Å². The molecule has 270 valence electrons. The fraction of sp³-hybridized carbons (Fsp3) is 0.0189. The predicted octanol–water partition coefficient (Wildman–Crippen LogP) is 12.2. The van der Waals surface area contributed by atoms with Crippen LogP contribution in [0.1, 0.15) is 22.5 Å². The van der Waals surface area contributed by atoms with E-state index in [1.807, 2.05) is 60.7 Å². The monoisotopic (exact) mass is 739 g/mol. The van der Waals surface area contributed by atoms with Crippen LogP contribution in [0.3, 0.4) is 0 Å². The summed E-state index contributed by atoms with van der Waals surface area (Å²) in [6.07, 6.45) is 0. The second kappa shape index (κ2) is 12.6. The minimum Gasteiger partial charge on any atom is -0.295 e. The van der Waals surface area contributed by atoms with E-state index in [9.17, 15) is 0 Å². The van der Waals surface area contributed by atoms with Crippen LogP contribution in [0.2, 0.25) is 0 Å². The molecule has 1 unspecified atom stereocenters. The molecule has 3 heterocycles. The number of fused-ring (bicyclic) bond motifs is 12.